The minimum atomic E-state index is -0.343. The Morgan fingerprint density at radius 2 is 2.10 bits per heavy atom. The fraction of sp³-hybridized carbons (Fsp3) is 0.588. The largest absolute Gasteiger partial charge is 0.458 e. The molecule has 1 fully saturated rings. The Kier molecular flexibility index (Phi) is 5.15. The number of carbonyl (C=O) groups excluding carboxylic acids is 1. The first kappa shape index (κ1) is 16.2. The Bertz CT molecular complexity index is 516. The number of nitrogens with two attached hydrogens (primary N) is 1. The maximum Gasteiger partial charge on any atom is 0.339 e. The SMILES string of the molecule is CC1CCC(C(C)C)C(OC(=O)c2ccc(N)cc2Cl)C1. The van der Waals surface area contributed by atoms with Crippen LogP contribution in [0.2, 0.25) is 5.02 Å². The van der Waals surface area contributed by atoms with Gasteiger partial charge in [0, 0.05) is 5.69 Å². The van der Waals surface area contributed by atoms with Gasteiger partial charge in [-0.25, -0.2) is 4.79 Å². The van der Waals surface area contributed by atoms with Crippen LogP contribution in [0.4, 0.5) is 5.69 Å². The summed E-state index contributed by atoms with van der Waals surface area (Å²) in [6.07, 6.45) is 3.24. The fourth-order valence-electron chi connectivity index (χ4n) is 3.15. The normalized spacial score (nSPS) is 25.9. The van der Waals surface area contributed by atoms with Gasteiger partial charge in [0.2, 0.25) is 0 Å². The Morgan fingerprint density at radius 3 is 2.71 bits per heavy atom. The minimum absolute atomic E-state index is 0.0186. The summed E-state index contributed by atoms with van der Waals surface area (Å²) >= 11 is 6.09. The summed E-state index contributed by atoms with van der Waals surface area (Å²) in [5.74, 6) is 1.19. The summed E-state index contributed by atoms with van der Waals surface area (Å²) in [6, 6.07) is 4.89. The lowest BCUT2D eigenvalue weighted by Crippen LogP contribution is -2.35. The molecule has 0 heterocycles. The van der Waals surface area contributed by atoms with E-state index in [1.165, 1.54) is 6.42 Å². The highest BCUT2D eigenvalue weighted by molar-refractivity contribution is 6.33. The first-order valence-corrected chi connectivity index (χ1v) is 8.02. The van der Waals surface area contributed by atoms with Gasteiger partial charge in [0.1, 0.15) is 6.10 Å². The molecule has 3 nitrogen and oxygen atoms in total. The van der Waals surface area contributed by atoms with Crippen molar-refractivity contribution in [2.24, 2.45) is 17.8 Å². The van der Waals surface area contributed by atoms with Gasteiger partial charge in [-0.1, -0.05) is 38.8 Å². The van der Waals surface area contributed by atoms with E-state index in [1.54, 1.807) is 18.2 Å². The molecule has 0 bridgehead atoms. The molecule has 2 rings (SSSR count). The molecule has 1 aliphatic carbocycles. The highest BCUT2D eigenvalue weighted by Gasteiger charge is 2.33. The van der Waals surface area contributed by atoms with E-state index in [2.05, 4.69) is 20.8 Å². The van der Waals surface area contributed by atoms with E-state index >= 15 is 0 Å². The molecule has 3 unspecified atom stereocenters. The van der Waals surface area contributed by atoms with Crippen LogP contribution in [0.3, 0.4) is 0 Å². The van der Waals surface area contributed by atoms with Crippen LogP contribution in [0.5, 0.6) is 0 Å². The molecule has 3 atom stereocenters. The first-order chi connectivity index (χ1) is 9.88. The van der Waals surface area contributed by atoms with E-state index in [1.807, 2.05) is 0 Å². The van der Waals surface area contributed by atoms with Crippen molar-refractivity contribution in [3.05, 3.63) is 28.8 Å². The number of hydrogen-bond donors (Lipinski definition) is 1. The molecule has 1 aliphatic rings. The summed E-state index contributed by atoms with van der Waals surface area (Å²) in [7, 11) is 0. The van der Waals surface area contributed by atoms with E-state index in [9.17, 15) is 4.79 Å². The van der Waals surface area contributed by atoms with Gasteiger partial charge in [-0.2, -0.15) is 0 Å². The van der Waals surface area contributed by atoms with E-state index in [0.717, 1.165) is 12.8 Å². The van der Waals surface area contributed by atoms with Crippen molar-refractivity contribution in [2.75, 3.05) is 5.73 Å². The standard InChI is InChI=1S/C17H24ClNO2/c1-10(2)13-6-4-11(3)8-16(13)21-17(20)14-7-5-12(19)9-15(14)18/h5,7,9-11,13,16H,4,6,8,19H2,1-3H3. The molecular formula is C17H24ClNO2. The Balaban J connectivity index is 2.12. The van der Waals surface area contributed by atoms with Crippen LogP contribution in [-0.4, -0.2) is 12.1 Å². The third-order valence-corrected chi connectivity index (χ3v) is 4.75. The van der Waals surface area contributed by atoms with Crippen LogP contribution in [0.1, 0.15) is 50.4 Å². The molecule has 4 heteroatoms. The van der Waals surface area contributed by atoms with Crippen LogP contribution in [-0.2, 0) is 4.74 Å². The van der Waals surface area contributed by atoms with Gasteiger partial charge in [0.15, 0.2) is 0 Å². The average Bonchev–Trinajstić information content (AvgIpc) is 2.37. The molecule has 2 N–H and O–H groups in total. The molecule has 0 radical (unpaired) electrons. The van der Waals surface area contributed by atoms with E-state index in [4.69, 9.17) is 22.1 Å². The summed E-state index contributed by atoms with van der Waals surface area (Å²) in [6.45, 7) is 6.60. The van der Waals surface area contributed by atoms with E-state index < -0.39 is 0 Å². The van der Waals surface area contributed by atoms with Gasteiger partial charge in [-0.3, -0.25) is 0 Å². The van der Waals surface area contributed by atoms with Crippen LogP contribution in [0.15, 0.2) is 18.2 Å². The smallest absolute Gasteiger partial charge is 0.339 e. The summed E-state index contributed by atoms with van der Waals surface area (Å²) in [5.41, 5.74) is 6.59. The number of benzene rings is 1. The van der Waals surface area contributed by atoms with Crippen molar-refractivity contribution < 1.29 is 9.53 Å². The zero-order chi connectivity index (χ0) is 15.6. The molecule has 1 aromatic carbocycles. The lowest BCUT2D eigenvalue weighted by Gasteiger charge is -2.36. The van der Waals surface area contributed by atoms with Crippen molar-refractivity contribution in [3.63, 3.8) is 0 Å². The van der Waals surface area contributed by atoms with Crippen molar-refractivity contribution in [1.29, 1.82) is 0 Å². The monoisotopic (exact) mass is 309 g/mol. The molecule has 1 saturated carbocycles. The van der Waals surface area contributed by atoms with Gasteiger partial charge < -0.3 is 10.5 Å². The number of rotatable bonds is 3. The molecule has 0 saturated heterocycles. The molecule has 0 spiro atoms. The maximum atomic E-state index is 12.4. The zero-order valence-electron chi connectivity index (χ0n) is 12.9. The molecule has 0 aliphatic heterocycles. The Hall–Kier alpha value is -1.22. The molecule has 0 aromatic heterocycles. The van der Waals surface area contributed by atoms with Gasteiger partial charge in [-0.05, 0) is 48.8 Å². The van der Waals surface area contributed by atoms with Crippen LogP contribution >= 0.6 is 11.6 Å². The number of ether oxygens (including phenoxy) is 1. The first-order valence-electron chi connectivity index (χ1n) is 7.64. The third-order valence-electron chi connectivity index (χ3n) is 4.43. The maximum absolute atomic E-state index is 12.4. The molecule has 1 aromatic rings. The second-order valence-corrected chi connectivity index (χ2v) is 6.92. The number of esters is 1. The second kappa shape index (κ2) is 6.69. The number of nitrogen functional groups attached to an aromatic ring is 1. The van der Waals surface area contributed by atoms with E-state index in [0.29, 0.717) is 34.0 Å². The van der Waals surface area contributed by atoms with Gasteiger partial charge in [-0.15, -0.1) is 0 Å². The number of halogens is 1. The summed E-state index contributed by atoms with van der Waals surface area (Å²) in [4.78, 5) is 12.4. The quantitative estimate of drug-likeness (QED) is 0.658. The molecule has 0 amide bonds. The minimum Gasteiger partial charge on any atom is -0.458 e. The number of hydrogen-bond acceptors (Lipinski definition) is 3. The van der Waals surface area contributed by atoms with Crippen molar-refractivity contribution in [2.45, 2.75) is 46.1 Å². The van der Waals surface area contributed by atoms with Gasteiger partial charge >= 0.3 is 5.97 Å². The van der Waals surface area contributed by atoms with Crippen LogP contribution in [0.25, 0.3) is 0 Å². The summed E-state index contributed by atoms with van der Waals surface area (Å²) in [5, 5.41) is 0.352. The third kappa shape index (κ3) is 3.91. The van der Waals surface area contributed by atoms with Crippen molar-refractivity contribution in [1.82, 2.24) is 0 Å². The Labute approximate surface area is 131 Å². The molecule has 21 heavy (non-hydrogen) atoms. The predicted octanol–water partition coefficient (Wildman–Crippen LogP) is 4.54. The van der Waals surface area contributed by atoms with Gasteiger partial charge in [0.05, 0.1) is 10.6 Å². The second-order valence-electron chi connectivity index (χ2n) is 6.51. The zero-order valence-corrected chi connectivity index (χ0v) is 13.7. The fourth-order valence-corrected chi connectivity index (χ4v) is 3.41. The summed E-state index contributed by atoms with van der Waals surface area (Å²) < 4.78 is 5.78. The number of anilines is 1. The lowest BCUT2D eigenvalue weighted by molar-refractivity contribution is -0.0173. The van der Waals surface area contributed by atoms with Crippen molar-refractivity contribution >= 4 is 23.3 Å². The topological polar surface area (TPSA) is 52.3 Å². The van der Waals surface area contributed by atoms with Crippen LogP contribution in [0, 0.1) is 17.8 Å². The van der Waals surface area contributed by atoms with Gasteiger partial charge in [0.25, 0.3) is 0 Å². The molecule has 116 valence electrons. The predicted molar refractivity (Wildman–Crippen MR) is 86.4 cm³/mol. The van der Waals surface area contributed by atoms with E-state index in [-0.39, 0.29) is 12.1 Å². The highest BCUT2D eigenvalue weighted by atomic mass is 35.5. The lowest BCUT2D eigenvalue weighted by atomic mass is 9.75. The van der Waals surface area contributed by atoms with Crippen LogP contribution < -0.4 is 5.73 Å². The highest BCUT2D eigenvalue weighted by Crippen LogP contribution is 2.36. The van der Waals surface area contributed by atoms with Crippen molar-refractivity contribution in [3.8, 4) is 0 Å². The average molecular weight is 310 g/mol. The molecular weight excluding hydrogens is 286 g/mol. The Morgan fingerprint density at radius 1 is 1.38 bits per heavy atom. The number of carbonyl (C=O) groups is 1.